The van der Waals surface area contributed by atoms with Crippen molar-refractivity contribution in [1.29, 1.82) is 0 Å². The van der Waals surface area contributed by atoms with Gasteiger partial charge in [-0.2, -0.15) is 13.2 Å². The van der Waals surface area contributed by atoms with Crippen molar-refractivity contribution in [2.24, 2.45) is 0 Å². The molecule has 1 heterocycles. The average molecular weight is 309 g/mol. The zero-order valence-electron chi connectivity index (χ0n) is 8.51. The maximum atomic E-state index is 12.4. The van der Waals surface area contributed by atoms with Gasteiger partial charge >= 0.3 is 6.18 Å². The van der Waals surface area contributed by atoms with E-state index in [1.165, 1.54) is 0 Å². The second kappa shape index (κ2) is 4.21. The van der Waals surface area contributed by atoms with Crippen molar-refractivity contribution >= 4 is 33.2 Å². The van der Waals surface area contributed by atoms with Crippen LogP contribution < -0.4 is 10.2 Å². The predicted molar refractivity (Wildman–Crippen MR) is 61.0 cm³/mol. The number of amides is 1. The highest BCUT2D eigenvalue weighted by atomic mass is 79.9. The summed E-state index contributed by atoms with van der Waals surface area (Å²) in [5, 5.41) is 2.54. The lowest BCUT2D eigenvalue weighted by atomic mass is 10.2. The minimum absolute atomic E-state index is 0.284. The normalized spacial score (nSPS) is 15.5. The van der Waals surface area contributed by atoms with Gasteiger partial charge in [-0.05, 0) is 18.2 Å². The Morgan fingerprint density at radius 3 is 2.76 bits per heavy atom. The molecule has 1 N–H and O–H groups in total. The van der Waals surface area contributed by atoms with Crippen LogP contribution in [0.3, 0.4) is 0 Å². The number of benzene rings is 1. The summed E-state index contributed by atoms with van der Waals surface area (Å²) in [6.07, 6.45) is -4.33. The van der Waals surface area contributed by atoms with Gasteiger partial charge in [-0.15, -0.1) is 0 Å². The van der Waals surface area contributed by atoms with Gasteiger partial charge in [0.05, 0.1) is 17.9 Å². The van der Waals surface area contributed by atoms with E-state index in [1.54, 1.807) is 18.2 Å². The number of hydrogen-bond acceptors (Lipinski definition) is 2. The van der Waals surface area contributed by atoms with E-state index in [0.29, 0.717) is 15.8 Å². The molecule has 0 radical (unpaired) electrons. The van der Waals surface area contributed by atoms with E-state index < -0.39 is 18.6 Å². The molecular weight excluding hydrogens is 301 g/mol. The predicted octanol–water partition coefficient (Wildman–Crippen LogP) is 2.77. The smallest absolute Gasteiger partial charge is 0.351 e. The molecule has 0 atom stereocenters. The third-order valence-electron chi connectivity index (χ3n) is 2.28. The number of hydrogen-bond donors (Lipinski definition) is 1. The Kier molecular flexibility index (Phi) is 3.03. The van der Waals surface area contributed by atoms with Crippen LogP contribution in [0.1, 0.15) is 0 Å². The van der Waals surface area contributed by atoms with E-state index in [0.717, 1.165) is 4.90 Å². The van der Waals surface area contributed by atoms with E-state index in [1.807, 2.05) is 0 Å². The number of nitrogens with zero attached hydrogens (tertiary/aromatic N) is 1. The van der Waals surface area contributed by atoms with E-state index in [4.69, 9.17) is 0 Å². The lowest BCUT2D eigenvalue weighted by Crippen LogP contribution is -2.43. The highest BCUT2D eigenvalue weighted by Crippen LogP contribution is 2.33. The Labute approximate surface area is 104 Å². The van der Waals surface area contributed by atoms with Gasteiger partial charge in [0.15, 0.2) is 0 Å². The molecule has 1 aromatic carbocycles. The Hall–Kier alpha value is -1.24. The van der Waals surface area contributed by atoms with Gasteiger partial charge in [0.2, 0.25) is 5.91 Å². The summed E-state index contributed by atoms with van der Waals surface area (Å²) in [7, 11) is 0. The number of fused-ring (bicyclic) bond motifs is 1. The van der Waals surface area contributed by atoms with Crippen molar-refractivity contribution in [2.45, 2.75) is 6.18 Å². The number of rotatable bonds is 1. The molecule has 1 aromatic rings. The Balaban J connectivity index is 2.34. The first kappa shape index (κ1) is 12.2. The third kappa shape index (κ3) is 2.91. The minimum atomic E-state index is -4.33. The lowest BCUT2D eigenvalue weighted by Gasteiger charge is -2.31. The molecule has 3 nitrogen and oxygen atoms in total. The van der Waals surface area contributed by atoms with Crippen LogP contribution in [-0.2, 0) is 4.79 Å². The fourth-order valence-corrected chi connectivity index (χ4v) is 2.05. The Bertz CT molecular complexity index is 461. The maximum Gasteiger partial charge on any atom is 0.405 e. The summed E-state index contributed by atoms with van der Waals surface area (Å²) in [6.45, 7) is -1.41. The number of anilines is 2. The molecule has 7 heteroatoms. The molecule has 0 fully saturated rings. The quantitative estimate of drug-likeness (QED) is 0.865. The second-order valence-corrected chi connectivity index (χ2v) is 4.60. The fourth-order valence-electron chi connectivity index (χ4n) is 1.69. The minimum Gasteiger partial charge on any atom is -0.351 e. The number of nitrogens with one attached hydrogen (secondary N) is 1. The van der Waals surface area contributed by atoms with E-state index >= 15 is 0 Å². The molecule has 17 heavy (non-hydrogen) atoms. The molecule has 92 valence electrons. The first-order valence-electron chi connectivity index (χ1n) is 4.76. The first-order valence-corrected chi connectivity index (χ1v) is 5.55. The monoisotopic (exact) mass is 308 g/mol. The number of halogens is 4. The van der Waals surface area contributed by atoms with Crippen LogP contribution in [0.5, 0.6) is 0 Å². The van der Waals surface area contributed by atoms with Crippen molar-refractivity contribution in [3.63, 3.8) is 0 Å². The average Bonchev–Trinajstić information content (AvgIpc) is 2.13. The summed E-state index contributed by atoms with van der Waals surface area (Å²) in [6, 6.07) is 4.76. The fraction of sp³-hybridized carbons (Fsp3) is 0.300. The van der Waals surface area contributed by atoms with Gasteiger partial charge in [0.25, 0.3) is 0 Å². The van der Waals surface area contributed by atoms with Crippen molar-refractivity contribution in [3.8, 4) is 0 Å². The van der Waals surface area contributed by atoms with Crippen molar-refractivity contribution in [2.75, 3.05) is 23.3 Å². The molecule has 0 saturated carbocycles. The van der Waals surface area contributed by atoms with Crippen LogP contribution in [0, 0.1) is 0 Å². The van der Waals surface area contributed by atoms with Gasteiger partial charge in [0.1, 0.15) is 6.54 Å². The maximum absolute atomic E-state index is 12.4. The summed E-state index contributed by atoms with van der Waals surface area (Å²) in [5.74, 6) is -0.445. The van der Waals surface area contributed by atoms with Crippen LogP contribution >= 0.6 is 15.9 Å². The van der Waals surface area contributed by atoms with Crippen LogP contribution in [0.2, 0.25) is 0 Å². The van der Waals surface area contributed by atoms with E-state index in [9.17, 15) is 18.0 Å². The van der Waals surface area contributed by atoms with Crippen LogP contribution in [0.4, 0.5) is 24.5 Å². The molecule has 2 rings (SSSR count). The zero-order valence-corrected chi connectivity index (χ0v) is 10.1. The second-order valence-electron chi connectivity index (χ2n) is 3.68. The number of carbonyl (C=O) groups is 1. The Morgan fingerprint density at radius 1 is 1.41 bits per heavy atom. The standard InChI is InChI=1S/C10H8BrF3N2O/c11-6-1-2-8-7(3-6)15-9(17)4-16(8)5-10(12,13)14/h1-3H,4-5H2,(H,15,17). The van der Waals surface area contributed by atoms with Crippen LogP contribution in [0.25, 0.3) is 0 Å². The summed E-state index contributed by atoms with van der Waals surface area (Å²) in [4.78, 5) is 12.3. The molecule has 0 saturated heterocycles. The van der Waals surface area contributed by atoms with Gasteiger partial charge in [-0.3, -0.25) is 4.79 Å². The van der Waals surface area contributed by atoms with E-state index in [2.05, 4.69) is 21.2 Å². The van der Waals surface area contributed by atoms with Crippen LogP contribution in [-0.4, -0.2) is 25.2 Å². The van der Waals surface area contributed by atoms with Gasteiger partial charge in [0, 0.05) is 4.47 Å². The number of carbonyl (C=O) groups excluding carboxylic acids is 1. The molecule has 0 unspecified atom stereocenters. The van der Waals surface area contributed by atoms with Crippen LogP contribution in [0.15, 0.2) is 22.7 Å². The molecule has 0 aromatic heterocycles. The van der Waals surface area contributed by atoms with Crippen molar-refractivity contribution in [1.82, 2.24) is 0 Å². The summed E-state index contributed by atoms with van der Waals surface area (Å²) < 4.78 is 37.8. The largest absolute Gasteiger partial charge is 0.405 e. The van der Waals surface area contributed by atoms with E-state index in [-0.39, 0.29) is 6.54 Å². The number of alkyl halides is 3. The van der Waals surface area contributed by atoms with Crippen molar-refractivity contribution in [3.05, 3.63) is 22.7 Å². The zero-order chi connectivity index (χ0) is 12.6. The van der Waals surface area contributed by atoms with Gasteiger partial charge < -0.3 is 10.2 Å². The van der Waals surface area contributed by atoms with Gasteiger partial charge in [-0.25, -0.2) is 0 Å². The highest BCUT2D eigenvalue weighted by Gasteiger charge is 2.34. The SMILES string of the molecule is O=C1CN(CC(F)(F)F)c2ccc(Br)cc2N1. The molecule has 0 aliphatic carbocycles. The molecule has 1 aliphatic rings. The Morgan fingerprint density at radius 2 is 2.12 bits per heavy atom. The topological polar surface area (TPSA) is 32.3 Å². The summed E-state index contributed by atoms with van der Waals surface area (Å²) in [5.41, 5.74) is 0.769. The third-order valence-corrected chi connectivity index (χ3v) is 2.77. The molecule has 0 spiro atoms. The molecule has 0 bridgehead atoms. The molecule has 1 amide bonds. The first-order chi connectivity index (χ1) is 7.85. The summed E-state index contributed by atoms with van der Waals surface area (Å²) >= 11 is 3.20. The molecule has 1 aliphatic heterocycles. The highest BCUT2D eigenvalue weighted by molar-refractivity contribution is 9.10. The van der Waals surface area contributed by atoms with Gasteiger partial charge in [-0.1, -0.05) is 15.9 Å². The van der Waals surface area contributed by atoms with Crippen molar-refractivity contribution < 1.29 is 18.0 Å². The lowest BCUT2D eigenvalue weighted by molar-refractivity contribution is -0.122. The molecular formula is C10H8BrF3N2O.